The summed E-state index contributed by atoms with van der Waals surface area (Å²) in [6, 6.07) is 4.44. The largest absolute Gasteiger partial charge is 0.492 e. The molecular weight excluding hydrogens is 302 g/mol. The number of aryl methyl sites for hydroxylation is 1. The van der Waals surface area contributed by atoms with E-state index in [1.54, 1.807) is 0 Å². The molecule has 2 aliphatic rings. The first-order chi connectivity index (χ1) is 9.08. The van der Waals surface area contributed by atoms with Crippen LogP contribution in [0.1, 0.15) is 43.7 Å². The number of hydrogen-bond donors (Lipinski definition) is 1. The molecule has 1 aromatic rings. The number of halogens is 1. The molecule has 0 amide bonds. The monoisotopic (exact) mass is 323 g/mol. The lowest BCUT2D eigenvalue weighted by Crippen LogP contribution is -2.33. The van der Waals surface area contributed by atoms with E-state index in [4.69, 9.17) is 4.74 Å². The van der Waals surface area contributed by atoms with Gasteiger partial charge in [0.15, 0.2) is 0 Å². The van der Waals surface area contributed by atoms with E-state index in [9.17, 15) is 0 Å². The van der Waals surface area contributed by atoms with E-state index in [1.165, 1.54) is 36.8 Å². The van der Waals surface area contributed by atoms with Gasteiger partial charge in [0, 0.05) is 11.1 Å². The van der Waals surface area contributed by atoms with E-state index in [-0.39, 0.29) is 5.54 Å². The molecule has 19 heavy (non-hydrogen) atoms. The first kappa shape index (κ1) is 13.4. The molecule has 1 aromatic carbocycles. The average Bonchev–Trinajstić information content (AvgIpc) is 3.08. The topological polar surface area (TPSA) is 21.3 Å². The van der Waals surface area contributed by atoms with Crippen molar-refractivity contribution in [3.8, 4) is 5.75 Å². The van der Waals surface area contributed by atoms with Gasteiger partial charge in [0.05, 0.1) is 11.1 Å². The van der Waals surface area contributed by atoms with Gasteiger partial charge in [-0.2, -0.15) is 0 Å². The Bertz CT molecular complexity index is 476. The summed E-state index contributed by atoms with van der Waals surface area (Å²) in [6.07, 6.45) is 5.08. The Morgan fingerprint density at radius 1 is 1.42 bits per heavy atom. The maximum absolute atomic E-state index is 6.14. The second-order valence-electron chi connectivity index (χ2n) is 6.24. The highest BCUT2D eigenvalue weighted by Gasteiger charge is 2.34. The number of ether oxygens (including phenoxy) is 1. The zero-order valence-corrected chi connectivity index (χ0v) is 13.3. The summed E-state index contributed by atoms with van der Waals surface area (Å²) < 4.78 is 7.23. The first-order valence-electron chi connectivity index (χ1n) is 7.27. The molecule has 2 fully saturated rings. The Hall–Kier alpha value is -0.540. The molecule has 1 atom stereocenters. The van der Waals surface area contributed by atoms with E-state index in [0.717, 1.165) is 29.3 Å². The first-order valence-corrected chi connectivity index (χ1v) is 8.06. The molecule has 104 valence electrons. The van der Waals surface area contributed by atoms with E-state index in [0.29, 0.717) is 0 Å². The fraction of sp³-hybridized carbons (Fsp3) is 0.625. The molecule has 3 heteroatoms. The molecule has 2 nitrogen and oxygen atoms in total. The van der Waals surface area contributed by atoms with Gasteiger partial charge in [-0.25, -0.2) is 0 Å². The van der Waals surface area contributed by atoms with Crippen LogP contribution in [0.3, 0.4) is 0 Å². The van der Waals surface area contributed by atoms with Gasteiger partial charge >= 0.3 is 0 Å². The third-order valence-corrected chi connectivity index (χ3v) is 4.90. The van der Waals surface area contributed by atoms with Crippen molar-refractivity contribution in [3.63, 3.8) is 0 Å². The van der Waals surface area contributed by atoms with Gasteiger partial charge < -0.3 is 10.1 Å². The quantitative estimate of drug-likeness (QED) is 0.898. The van der Waals surface area contributed by atoms with Crippen molar-refractivity contribution in [3.05, 3.63) is 27.7 Å². The van der Waals surface area contributed by atoms with Crippen LogP contribution < -0.4 is 10.1 Å². The van der Waals surface area contributed by atoms with Gasteiger partial charge in [0.1, 0.15) is 5.75 Å². The van der Waals surface area contributed by atoms with E-state index in [1.807, 2.05) is 0 Å². The lowest BCUT2D eigenvalue weighted by atomic mass is 9.88. The fourth-order valence-corrected chi connectivity index (χ4v) is 3.58. The van der Waals surface area contributed by atoms with Crippen molar-refractivity contribution in [2.75, 3.05) is 13.2 Å². The normalized spacial score (nSPS) is 26.7. The smallest absolute Gasteiger partial charge is 0.138 e. The molecule has 1 N–H and O–H groups in total. The molecule has 0 aromatic heterocycles. The zero-order valence-electron chi connectivity index (χ0n) is 11.8. The molecule has 1 aliphatic heterocycles. The lowest BCUT2D eigenvalue weighted by molar-refractivity contribution is 0.284. The summed E-state index contributed by atoms with van der Waals surface area (Å²) in [6.45, 7) is 6.41. The number of hydrogen-bond acceptors (Lipinski definition) is 2. The van der Waals surface area contributed by atoms with Crippen LogP contribution in [0, 0.1) is 12.8 Å². The van der Waals surface area contributed by atoms with Crippen LogP contribution in [-0.2, 0) is 5.54 Å². The fourth-order valence-electron chi connectivity index (χ4n) is 2.90. The van der Waals surface area contributed by atoms with Crippen molar-refractivity contribution in [2.24, 2.45) is 5.92 Å². The predicted molar refractivity (Wildman–Crippen MR) is 81.7 cm³/mol. The van der Waals surface area contributed by atoms with Crippen molar-refractivity contribution in [2.45, 2.75) is 45.1 Å². The highest BCUT2D eigenvalue weighted by Crippen LogP contribution is 2.42. The Balaban J connectivity index is 1.94. The van der Waals surface area contributed by atoms with Gasteiger partial charge in [-0.15, -0.1) is 0 Å². The SMILES string of the molecule is Cc1cc(Br)c(OCC2CC2)c(C2(C)CCCN2)c1. The minimum absolute atomic E-state index is 0.0629. The minimum Gasteiger partial charge on any atom is -0.492 e. The Morgan fingerprint density at radius 2 is 2.21 bits per heavy atom. The molecule has 1 aliphatic carbocycles. The van der Waals surface area contributed by atoms with Crippen molar-refractivity contribution >= 4 is 15.9 Å². The van der Waals surface area contributed by atoms with E-state index < -0.39 is 0 Å². The minimum atomic E-state index is 0.0629. The molecule has 1 saturated carbocycles. The molecule has 1 saturated heterocycles. The summed E-state index contributed by atoms with van der Waals surface area (Å²) in [4.78, 5) is 0. The third-order valence-electron chi connectivity index (χ3n) is 4.31. The van der Waals surface area contributed by atoms with Crippen LogP contribution in [0.15, 0.2) is 16.6 Å². The molecular formula is C16H22BrNO. The number of benzene rings is 1. The number of rotatable bonds is 4. The van der Waals surface area contributed by atoms with Crippen LogP contribution in [0.5, 0.6) is 5.75 Å². The van der Waals surface area contributed by atoms with Crippen LogP contribution in [0.2, 0.25) is 0 Å². The van der Waals surface area contributed by atoms with Crippen LogP contribution in [-0.4, -0.2) is 13.2 Å². The standard InChI is InChI=1S/C16H22BrNO/c1-11-8-13(16(2)6-3-7-18-16)15(14(17)9-11)19-10-12-4-5-12/h8-9,12,18H,3-7,10H2,1-2H3. The number of nitrogens with one attached hydrogen (secondary N) is 1. The van der Waals surface area contributed by atoms with Crippen molar-refractivity contribution in [1.82, 2.24) is 5.32 Å². The second kappa shape index (κ2) is 5.10. The summed E-state index contributed by atoms with van der Waals surface area (Å²) >= 11 is 3.69. The van der Waals surface area contributed by atoms with Crippen LogP contribution >= 0.6 is 15.9 Å². The average molecular weight is 324 g/mol. The van der Waals surface area contributed by atoms with Gasteiger partial charge in [-0.1, -0.05) is 6.07 Å². The van der Waals surface area contributed by atoms with Crippen molar-refractivity contribution in [1.29, 1.82) is 0 Å². The molecule has 0 bridgehead atoms. The predicted octanol–water partition coefficient (Wildman–Crippen LogP) is 4.14. The van der Waals surface area contributed by atoms with Gasteiger partial charge in [-0.3, -0.25) is 0 Å². The van der Waals surface area contributed by atoms with Gasteiger partial charge in [0.25, 0.3) is 0 Å². The maximum atomic E-state index is 6.14. The van der Waals surface area contributed by atoms with Crippen molar-refractivity contribution < 1.29 is 4.74 Å². The lowest BCUT2D eigenvalue weighted by Gasteiger charge is -2.28. The summed E-state index contributed by atoms with van der Waals surface area (Å²) in [7, 11) is 0. The summed E-state index contributed by atoms with van der Waals surface area (Å²) in [5.41, 5.74) is 2.67. The Labute approximate surface area is 124 Å². The second-order valence-corrected chi connectivity index (χ2v) is 7.09. The van der Waals surface area contributed by atoms with E-state index >= 15 is 0 Å². The Morgan fingerprint density at radius 3 is 2.84 bits per heavy atom. The molecule has 1 unspecified atom stereocenters. The zero-order chi connectivity index (χ0) is 13.5. The molecule has 0 spiro atoms. The Kier molecular flexibility index (Phi) is 3.61. The van der Waals surface area contributed by atoms with E-state index in [2.05, 4.69) is 47.2 Å². The highest BCUT2D eigenvalue weighted by atomic mass is 79.9. The van der Waals surface area contributed by atoms with Gasteiger partial charge in [0.2, 0.25) is 0 Å². The summed E-state index contributed by atoms with van der Waals surface area (Å²) in [5.74, 6) is 1.83. The highest BCUT2D eigenvalue weighted by molar-refractivity contribution is 9.10. The maximum Gasteiger partial charge on any atom is 0.138 e. The van der Waals surface area contributed by atoms with Gasteiger partial charge in [-0.05, 0) is 79.6 Å². The molecule has 3 rings (SSSR count). The molecule has 0 radical (unpaired) electrons. The molecule has 1 heterocycles. The van der Waals surface area contributed by atoms with Crippen LogP contribution in [0.4, 0.5) is 0 Å². The van der Waals surface area contributed by atoms with Crippen LogP contribution in [0.25, 0.3) is 0 Å². The third kappa shape index (κ3) is 2.82. The summed E-state index contributed by atoms with van der Waals surface area (Å²) in [5, 5.41) is 3.65.